The quantitative estimate of drug-likeness (QED) is 0.277. The van der Waals surface area contributed by atoms with Gasteiger partial charge in [-0.25, -0.2) is 4.79 Å². The molecule has 0 amide bonds. The number of ketones is 1. The Morgan fingerprint density at radius 1 is 1.03 bits per heavy atom. The number of carbonyl (C=O) groups excluding carboxylic acids is 2. The number of rotatable bonds is 2. The van der Waals surface area contributed by atoms with Crippen molar-refractivity contribution in [1.29, 1.82) is 0 Å². The van der Waals surface area contributed by atoms with Gasteiger partial charge in [-0.1, -0.05) is 45.7 Å². The lowest BCUT2D eigenvalue weighted by Crippen LogP contribution is -2.64. The fraction of sp³-hybridized carbons (Fsp3) is 0.913. The molecule has 31 heavy (non-hydrogen) atoms. The molecule has 8 heteroatoms. The van der Waals surface area contributed by atoms with Gasteiger partial charge in [0.1, 0.15) is 11.9 Å². The van der Waals surface area contributed by atoms with Gasteiger partial charge in [0.2, 0.25) is 0 Å². The fourth-order valence-electron chi connectivity index (χ4n) is 8.13. The van der Waals surface area contributed by atoms with E-state index in [1.807, 2.05) is 0 Å². The van der Waals surface area contributed by atoms with Crippen LogP contribution in [0.15, 0.2) is 0 Å². The van der Waals surface area contributed by atoms with E-state index in [0.29, 0.717) is 36.4 Å². The summed E-state index contributed by atoms with van der Waals surface area (Å²) in [6.45, 7) is 6.31. The minimum Gasteiger partial charge on any atom is -0.456 e. The van der Waals surface area contributed by atoms with E-state index in [-0.39, 0.29) is 21.6 Å². The van der Waals surface area contributed by atoms with Gasteiger partial charge in [0.25, 0.3) is 0 Å². The molecule has 0 bridgehead atoms. The van der Waals surface area contributed by atoms with Crippen LogP contribution in [0.4, 0.5) is 13.2 Å². The van der Waals surface area contributed by atoms with Crippen molar-refractivity contribution in [2.45, 2.75) is 93.6 Å². The third kappa shape index (κ3) is 3.55. The Labute approximate surface area is 198 Å². The fourth-order valence-corrected chi connectivity index (χ4v) is 10.3. The van der Waals surface area contributed by atoms with Gasteiger partial charge in [-0.05, 0) is 80.5 Å². The van der Waals surface area contributed by atoms with Crippen molar-refractivity contribution in [3.8, 4) is 0 Å². The zero-order valence-corrected chi connectivity index (χ0v) is 21.4. The van der Waals surface area contributed by atoms with Crippen molar-refractivity contribution in [3.63, 3.8) is 0 Å². The van der Waals surface area contributed by atoms with Crippen LogP contribution < -0.4 is 0 Å². The monoisotopic (exact) mass is 570 g/mol. The topological polar surface area (TPSA) is 43.4 Å². The van der Waals surface area contributed by atoms with Crippen molar-refractivity contribution in [2.75, 3.05) is 0 Å². The SMILES string of the molecule is CC(=O)[C@H]1CC[C@H]2[C@@H]3C[C@@H](Br)[C@@]4(Br)C[C@@H](OC(=O)C(F)(F)F)CC[C@]4(C)[C@H]3CC[C@]12C. The molecule has 4 saturated carbocycles. The molecule has 176 valence electrons. The van der Waals surface area contributed by atoms with Gasteiger partial charge in [0.15, 0.2) is 0 Å². The highest BCUT2D eigenvalue weighted by molar-refractivity contribution is 9.12. The number of halogens is 5. The number of fused-ring (bicyclic) bond motifs is 5. The molecule has 0 N–H and O–H groups in total. The van der Waals surface area contributed by atoms with Crippen LogP contribution in [-0.2, 0) is 14.3 Å². The smallest absolute Gasteiger partial charge is 0.456 e. The number of ether oxygens (including phenoxy) is 1. The van der Waals surface area contributed by atoms with Crippen LogP contribution in [-0.4, -0.2) is 33.2 Å². The minimum absolute atomic E-state index is 0.0574. The Kier molecular flexibility index (Phi) is 5.97. The largest absolute Gasteiger partial charge is 0.490 e. The van der Waals surface area contributed by atoms with Gasteiger partial charge in [-0.15, -0.1) is 0 Å². The molecule has 4 rings (SSSR count). The third-order valence-corrected chi connectivity index (χ3v) is 13.2. The standard InChI is InChI=1S/C23H31Br2F3O3/c1-12(29)15-4-5-16-14-10-18(24)22(25)11-13(31-19(30)23(26,27)28)6-9-21(22,3)17(14)7-8-20(15,16)2/h13-18H,4-11H2,1-3H3/t13-,14-,15+,16-,17-,18+,20+,21+,22-/m0/s1. The number of hydrogen-bond donors (Lipinski definition) is 0. The summed E-state index contributed by atoms with van der Waals surface area (Å²) in [5.74, 6) is -0.182. The molecule has 0 saturated heterocycles. The van der Waals surface area contributed by atoms with E-state index < -0.39 is 22.6 Å². The predicted molar refractivity (Wildman–Crippen MR) is 118 cm³/mol. The highest BCUT2D eigenvalue weighted by Crippen LogP contribution is 2.71. The summed E-state index contributed by atoms with van der Waals surface area (Å²) < 4.78 is 42.7. The lowest BCUT2D eigenvalue weighted by Gasteiger charge is -2.65. The van der Waals surface area contributed by atoms with Gasteiger partial charge in [0, 0.05) is 21.5 Å². The Bertz CT molecular complexity index is 774. The van der Waals surface area contributed by atoms with Crippen molar-refractivity contribution in [2.24, 2.45) is 34.5 Å². The van der Waals surface area contributed by atoms with E-state index in [9.17, 15) is 22.8 Å². The number of alkyl halides is 5. The van der Waals surface area contributed by atoms with E-state index >= 15 is 0 Å². The third-order valence-electron chi connectivity index (χ3n) is 9.69. The second kappa shape index (κ2) is 7.71. The first-order valence-corrected chi connectivity index (χ1v) is 13.1. The maximum atomic E-state index is 12.7. The molecule has 0 aromatic heterocycles. The van der Waals surface area contributed by atoms with E-state index in [0.717, 1.165) is 38.5 Å². The van der Waals surface area contributed by atoms with Crippen LogP contribution >= 0.6 is 31.9 Å². The Balaban J connectivity index is 1.58. The van der Waals surface area contributed by atoms with Gasteiger partial charge in [0.05, 0.1) is 0 Å². The maximum absolute atomic E-state index is 12.7. The molecule has 0 aliphatic heterocycles. The first-order valence-electron chi connectivity index (χ1n) is 11.4. The highest BCUT2D eigenvalue weighted by atomic mass is 79.9. The van der Waals surface area contributed by atoms with Crippen molar-refractivity contribution < 1.29 is 27.5 Å². The summed E-state index contributed by atoms with van der Waals surface area (Å²) in [5, 5.41) is 0. The van der Waals surface area contributed by atoms with Crippen LogP contribution in [0.2, 0.25) is 0 Å². The van der Waals surface area contributed by atoms with Crippen molar-refractivity contribution >= 4 is 43.6 Å². The van der Waals surface area contributed by atoms with Gasteiger partial charge in [-0.2, -0.15) is 13.2 Å². The van der Waals surface area contributed by atoms with E-state index in [4.69, 9.17) is 4.74 Å². The van der Waals surface area contributed by atoms with Gasteiger partial charge in [-0.3, -0.25) is 4.79 Å². The van der Waals surface area contributed by atoms with Crippen molar-refractivity contribution in [3.05, 3.63) is 0 Å². The summed E-state index contributed by atoms with van der Waals surface area (Å²) in [6, 6.07) is 0. The maximum Gasteiger partial charge on any atom is 0.490 e. The van der Waals surface area contributed by atoms with E-state index in [1.54, 1.807) is 6.92 Å². The van der Waals surface area contributed by atoms with E-state index in [1.165, 1.54) is 0 Å². The molecule has 0 heterocycles. The first kappa shape index (κ1) is 24.0. The first-order chi connectivity index (χ1) is 14.2. The molecule has 0 unspecified atom stereocenters. The normalized spacial score (nSPS) is 49.5. The second-order valence-electron chi connectivity index (χ2n) is 10.9. The molecule has 9 atom stereocenters. The van der Waals surface area contributed by atoms with Gasteiger partial charge >= 0.3 is 12.1 Å². The Morgan fingerprint density at radius 3 is 2.32 bits per heavy atom. The van der Waals surface area contributed by atoms with Crippen LogP contribution in [0.3, 0.4) is 0 Å². The Hall–Kier alpha value is -0.110. The number of Topliss-reactive ketones (excluding diaryl/α,β-unsaturated/α-hetero) is 1. The van der Waals surface area contributed by atoms with E-state index in [2.05, 4.69) is 45.7 Å². The van der Waals surface area contributed by atoms with Crippen LogP contribution in [0, 0.1) is 34.5 Å². The van der Waals surface area contributed by atoms with Crippen molar-refractivity contribution in [1.82, 2.24) is 0 Å². The molecular weight excluding hydrogens is 541 g/mol. The molecule has 0 spiro atoms. The summed E-state index contributed by atoms with van der Waals surface area (Å²) in [4.78, 5) is 23.8. The molecule has 4 fully saturated rings. The zero-order chi connectivity index (χ0) is 23.0. The number of carbonyl (C=O) groups is 2. The van der Waals surface area contributed by atoms with Crippen LogP contribution in [0.25, 0.3) is 0 Å². The summed E-state index contributed by atoms with van der Waals surface area (Å²) in [6.07, 6.45) is 0.897. The summed E-state index contributed by atoms with van der Waals surface area (Å²) in [5.41, 5.74) is -0.0529. The summed E-state index contributed by atoms with van der Waals surface area (Å²) in [7, 11) is 0. The molecule has 0 radical (unpaired) electrons. The molecular formula is C23H31Br2F3O3. The van der Waals surface area contributed by atoms with Crippen LogP contribution in [0.1, 0.15) is 72.1 Å². The molecule has 0 aromatic carbocycles. The average molecular weight is 572 g/mol. The number of hydrogen-bond acceptors (Lipinski definition) is 3. The Morgan fingerprint density at radius 2 is 1.71 bits per heavy atom. The molecule has 0 aromatic rings. The predicted octanol–water partition coefficient (Wildman–Crippen LogP) is 6.60. The van der Waals surface area contributed by atoms with Crippen LogP contribution in [0.5, 0.6) is 0 Å². The second-order valence-corrected chi connectivity index (χ2v) is 13.4. The molecule has 3 nitrogen and oxygen atoms in total. The van der Waals surface area contributed by atoms with Gasteiger partial charge < -0.3 is 4.74 Å². The lowest BCUT2D eigenvalue weighted by molar-refractivity contribution is -0.209. The minimum atomic E-state index is -4.96. The molecule has 4 aliphatic carbocycles. The molecule has 4 aliphatic rings. The average Bonchev–Trinajstić information content (AvgIpc) is 3.01. The zero-order valence-electron chi connectivity index (χ0n) is 18.2. The lowest BCUT2D eigenvalue weighted by atomic mass is 9.44. The highest BCUT2D eigenvalue weighted by Gasteiger charge is 2.67. The summed E-state index contributed by atoms with van der Waals surface area (Å²) >= 11 is 7.88. The number of esters is 1.